The third-order valence-corrected chi connectivity index (χ3v) is 2.34. The highest BCUT2D eigenvalue weighted by molar-refractivity contribution is 6.32. The largest absolute Gasteiger partial charge is 0.220 e. The van der Waals surface area contributed by atoms with Crippen LogP contribution in [-0.2, 0) is 0 Å². The van der Waals surface area contributed by atoms with E-state index < -0.39 is 5.82 Å². The van der Waals surface area contributed by atoms with Crippen molar-refractivity contribution in [2.75, 3.05) is 0 Å². The summed E-state index contributed by atoms with van der Waals surface area (Å²) in [4.78, 5) is 3.76. The average Bonchev–Trinajstić information content (AvgIpc) is 2.23. The van der Waals surface area contributed by atoms with Crippen LogP contribution < -0.4 is 0 Å². The van der Waals surface area contributed by atoms with E-state index in [-0.39, 0.29) is 10.2 Å². The molecule has 0 saturated heterocycles. The summed E-state index contributed by atoms with van der Waals surface area (Å²) in [6.45, 7) is 0. The average molecular weight is 244 g/mol. The van der Waals surface area contributed by atoms with Gasteiger partial charge in [0.25, 0.3) is 0 Å². The molecule has 3 nitrogen and oxygen atoms in total. The Labute approximate surface area is 94.9 Å². The number of hydrogen-bond donors (Lipinski definition) is 0. The zero-order valence-electron chi connectivity index (χ0n) is 7.28. The molecule has 0 unspecified atom stereocenters. The van der Waals surface area contributed by atoms with E-state index in [9.17, 15) is 4.39 Å². The number of rotatable bonds is 1. The monoisotopic (exact) mass is 243 g/mol. The molecule has 2 aromatic rings. The zero-order valence-corrected chi connectivity index (χ0v) is 8.80. The quantitative estimate of drug-likeness (QED) is 0.773. The van der Waals surface area contributed by atoms with Crippen molar-refractivity contribution in [1.29, 1.82) is 0 Å². The van der Waals surface area contributed by atoms with Crippen molar-refractivity contribution in [3.05, 3.63) is 40.5 Å². The summed E-state index contributed by atoms with van der Waals surface area (Å²) in [5.41, 5.74) is 0.952. The predicted octanol–water partition coefficient (Wildman–Crippen LogP) is 2.98. The van der Waals surface area contributed by atoms with Gasteiger partial charge >= 0.3 is 0 Å². The summed E-state index contributed by atoms with van der Waals surface area (Å²) >= 11 is 11.4. The van der Waals surface area contributed by atoms with Gasteiger partial charge in [0.2, 0.25) is 0 Å². The van der Waals surface area contributed by atoms with Crippen LogP contribution in [0.5, 0.6) is 0 Å². The van der Waals surface area contributed by atoms with Gasteiger partial charge in [-0.2, -0.15) is 0 Å². The highest BCUT2D eigenvalue weighted by atomic mass is 35.5. The molecular formula is C9H4Cl2FN3. The summed E-state index contributed by atoms with van der Waals surface area (Å²) < 4.78 is 12.9. The van der Waals surface area contributed by atoms with Gasteiger partial charge in [0.05, 0.1) is 5.02 Å². The second-order valence-corrected chi connectivity index (χ2v) is 3.49. The Balaban J connectivity index is 2.55. The molecule has 1 aromatic carbocycles. The number of aromatic nitrogens is 3. The number of halogens is 3. The van der Waals surface area contributed by atoms with Gasteiger partial charge in [-0.15, -0.1) is 10.2 Å². The van der Waals surface area contributed by atoms with Crippen LogP contribution >= 0.6 is 23.2 Å². The lowest BCUT2D eigenvalue weighted by Crippen LogP contribution is -1.91. The van der Waals surface area contributed by atoms with Crippen molar-refractivity contribution in [1.82, 2.24) is 15.2 Å². The van der Waals surface area contributed by atoms with E-state index in [1.165, 1.54) is 24.5 Å². The predicted molar refractivity (Wildman–Crippen MR) is 55.2 cm³/mol. The van der Waals surface area contributed by atoms with E-state index in [1.54, 1.807) is 0 Å². The van der Waals surface area contributed by atoms with Crippen molar-refractivity contribution in [3.63, 3.8) is 0 Å². The Hall–Kier alpha value is -1.26. The van der Waals surface area contributed by atoms with E-state index in [4.69, 9.17) is 23.2 Å². The third-order valence-electron chi connectivity index (χ3n) is 1.77. The van der Waals surface area contributed by atoms with Gasteiger partial charge in [-0.05, 0) is 18.2 Å². The third kappa shape index (κ3) is 2.06. The Morgan fingerprint density at radius 3 is 2.67 bits per heavy atom. The van der Waals surface area contributed by atoms with Crippen molar-refractivity contribution >= 4 is 23.2 Å². The van der Waals surface area contributed by atoms with E-state index >= 15 is 0 Å². The van der Waals surface area contributed by atoms with Crippen molar-refractivity contribution < 1.29 is 4.39 Å². The second kappa shape index (κ2) is 4.08. The summed E-state index contributed by atoms with van der Waals surface area (Å²) in [5.74, 6) is -0.492. The fourth-order valence-corrected chi connectivity index (χ4v) is 1.45. The van der Waals surface area contributed by atoms with Crippen LogP contribution in [0.15, 0.2) is 24.5 Å². The summed E-state index contributed by atoms with van der Waals surface area (Å²) in [5, 5.41) is 7.60. The molecule has 0 aliphatic heterocycles. The highest BCUT2D eigenvalue weighted by Gasteiger charge is 2.08. The van der Waals surface area contributed by atoms with Gasteiger partial charge in [0.1, 0.15) is 17.8 Å². The molecule has 0 radical (unpaired) electrons. The first-order valence-corrected chi connectivity index (χ1v) is 4.72. The van der Waals surface area contributed by atoms with Crippen LogP contribution in [0.1, 0.15) is 0 Å². The van der Waals surface area contributed by atoms with Crippen LogP contribution in [-0.4, -0.2) is 15.2 Å². The van der Waals surface area contributed by atoms with E-state index in [2.05, 4.69) is 15.2 Å². The van der Waals surface area contributed by atoms with E-state index in [1.807, 2.05) is 0 Å². The van der Waals surface area contributed by atoms with Crippen LogP contribution in [0.25, 0.3) is 11.3 Å². The Bertz CT molecular complexity index is 504. The number of nitrogens with zero attached hydrogens (tertiary/aromatic N) is 3. The first-order chi connectivity index (χ1) is 7.18. The summed E-state index contributed by atoms with van der Waals surface area (Å²) in [7, 11) is 0. The molecule has 0 saturated carbocycles. The Morgan fingerprint density at radius 1 is 1.20 bits per heavy atom. The molecule has 0 aliphatic carbocycles. The van der Waals surface area contributed by atoms with Gasteiger partial charge in [-0.1, -0.05) is 23.2 Å². The fourth-order valence-electron chi connectivity index (χ4n) is 1.08. The maximum Gasteiger partial charge on any atom is 0.159 e. The van der Waals surface area contributed by atoms with Crippen LogP contribution in [0.3, 0.4) is 0 Å². The zero-order chi connectivity index (χ0) is 10.8. The Kier molecular flexibility index (Phi) is 2.79. The summed E-state index contributed by atoms with van der Waals surface area (Å²) in [6, 6.07) is 4.18. The topological polar surface area (TPSA) is 38.7 Å². The first kappa shape index (κ1) is 10.3. The van der Waals surface area contributed by atoms with Gasteiger partial charge in [0.15, 0.2) is 5.15 Å². The molecule has 0 amide bonds. The van der Waals surface area contributed by atoms with Gasteiger partial charge in [0, 0.05) is 5.56 Å². The lowest BCUT2D eigenvalue weighted by atomic mass is 10.2. The van der Waals surface area contributed by atoms with E-state index in [0.29, 0.717) is 11.3 Å². The molecule has 0 fully saturated rings. The van der Waals surface area contributed by atoms with Crippen molar-refractivity contribution in [2.45, 2.75) is 0 Å². The van der Waals surface area contributed by atoms with Crippen LogP contribution in [0, 0.1) is 5.82 Å². The minimum absolute atomic E-state index is 0.00854. The molecule has 0 N–H and O–H groups in total. The number of hydrogen-bond acceptors (Lipinski definition) is 3. The van der Waals surface area contributed by atoms with Crippen LogP contribution in [0.4, 0.5) is 4.39 Å². The summed E-state index contributed by atoms with van der Waals surface area (Å²) in [6.07, 6.45) is 1.23. The second-order valence-electron chi connectivity index (χ2n) is 2.73. The molecule has 6 heteroatoms. The number of benzene rings is 1. The molecule has 0 bridgehead atoms. The molecule has 0 atom stereocenters. The first-order valence-electron chi connectivity index (χ1n) is 3.97. The lowest BCUT2D eigenvalue weighted by Gasteiger charge is -2.01. The molecule has 1 aromatic heterocycles. The molecule has 0 spiro atoms. The maximum absolute atomic E-state index is 12.9. The van der Waals surface area contributed by atoms with Gasteiger partial charge < -0.3 is 0 Å². The minimum atomic E-state index is -0.492. The highest BCUT2D eigenvalue weighted by Crippen LogP contribution is 2.26. The fraction of sp³-hybridized carbons (Fsp3) is 0. The molecule has 0 aliphatic rings. The SMILES string of the molecule is Fc1ccc(-c2nncnc2Cl)cc1Cl. The lowest BCUT2D eigenvalue weighted by molar-refractivity contribution is 0.628. The van der Waals surface area contributed by atoms with Gasteiger partial charge in [-0.3, -0.25) is 0 Å². The van der Waals surface area contributed by atoms with Crippen LogP contribution in [0.2, 0.25) is 10.2 Å². The molecule has 2 rings (SSSR count). The van der Waals surface area contributed by atoms with Crippen molar-refractivity contribution in [3.8, 4) is 11.3 Å². The standard InChI is InChI=1S/C9H4Cl2FN3/c10-6-3-5(1-2-7(6)12)8-9(11)13-4-14-15-8/h1-4H. The van der Waals surface area contributed by atoms with E-state index in [0.717, 1.165) is 0 Å². The molecular weight excluding hydrogens is 240 g/mol. The molecule has 15 heavy (non-hydrogen) atoms. The van der Waals surface area contributed by atoms with Gasteiger partial charge in [-0.25, -0.2) is 9.37 Å². The molecule has 76 valence electrons. The smallest absolute Gasteiger partial charge is 0.159 e. The minimum Gasteiger partial charge on any atom is -0.220 e. The Morgan fingerprint density at radius 2 is 2.00 bits per heavy atom. The normalized spacial score (nSPS) is 10.3. The maximum atomic E-state index is 12.9. The molecule has 1 heterocycles. The van der Waals surface area contributed by atoms with Crippen molar-refractivity contribution in [2.24, 2.45) is 0 Å².